The summed E-state index contributed by atoms with van der Waals surface area (Å²) in [6.07, 6.45) is 3.82. The first kappa shape index (κ1) is 16.3. The smallest absolute Gasteiger partial charge is 0.121 e. The SMILES string of the molecule is CCC1(CC)CCN(C(CN)c2ccc(OC)c(C)c2)C1. The van der Waals surface area contributed by atoms with Crippen molar-refractivity contribution in [2.45, 2.75) is 46.1 Å². The molecule has 1 heterocycles. The second kappa shape index (κ2) is 6.80. The molecule has 21 heavy (non-hydrogen) atoms. The van der Waals surface area contributed by atoms with E-state index in [9.17, 15) is 0 Å². The number of hydrogen-bond donors (Lipinski definition) is 1. The van der Waals surface area contributed by atoms with Crippen LogP contribution in [0.3, 0.4) is 0 Å². The highest BCUT2D eigenvalue weighted by atomic mass is 16.5. The lowest BCUT2D eigenvalue weighted by Gasteiger charge is -2.31. The average Bonchev–Trinajstić information content (AvgIpc) is 2.93. The van der Waals surface area contributed by atoms with Crippen LogP contribution in [0.25, 0.3) is 0 Å². The lowest BCUT2D eigenvalue weighted by Crippen LogP contribution is -2.34. The molecule has 1 aromatic rings. The van der Waals surface area contributed by atoms with Crippen LogP contribution in [0.5, 0.6) is 5.75 Å². The Labute approximate surface area is 129 Å². The molecule has 3 heteroatoms. The van der Waals surface area contributed by atoms with Crippen molar-refractivity contribution in [2.24, 2.45) is 11.1 Å². The maximum Gasteiger partial charge on any atom is 0.121 e. The molecule has 0 aliphatic carbocycles. The zero-order chi connectivity index (χ0) is 15.5. The summed E-state index contributed by atoms with van der Waals surface area (Å²) in [4.78, 5) is 2.58. The maximum absolute atomic E-state index is 6.10. The summed E-state index contributed by atoms with van der Waals surface area (Å²) in [6, 6.07) is 6.79. The van der Waals surface area contributed by atoms with Crippen LogP contribution in [0.15, 0.2) is 18.2 Å². The van der Waals surface area contributed by atoms with Crippen molar-refractivity contribution in [3.8, 4) is 5.75 Å². The van der Waals surface area contributed by atoms with Gasteiger partial charge >= 0.3 is 0 Å². The zero-order valence-electron chi connectivity index (χ0n) is 14.0. The van der Waals surface area contributed by atoms with Crippen LogP contribution in [0.1, 0.15) is 50.3 Å². The van der Waals surface area contributed by atoms with Crippen LogP contribution >= 0.6 is 0 Å². The molecule has 0 aromatic heterocycles. The van der Waals surface area contributed by atoms with Crippen LogP contribution < -0.4 is 10.5 Å². The summed E-state index contributed by atoms with van der Waals surface area (Å²) in [6.45, 7) is 9.75. The number of rotatable bonds is 6. The number of nitrogens with two attached hydrogens (primary N) is 1. The fraction of sp³-hybridized carbons (Fsp3) is 0.667. The van der Waals surface area contributed by atoms with Crippen molar-refractivity contribution < 1.29 is 4.74 Å². The Morgan fingerprint density at radius 3 is 2.52 bits per heavy atom. The molecule has 0 spiro atoms. The number of benzene rings is 1. The van der Waals surface area contributed by atoms with Gasteiger partial charge in [0.25, 0.3) is 0 Å². The third-order valence-electron chi connectivity index (χ3n) is 5.44. The molecule has 1 unspecified atom stereocenters. The second-order valence-electron chi connectivity index (χ2n) is 6.41. The molecule has 1 atom stereocenters. The van der Waals surface area contributed by atoms with Gasteiger partial charge in [-0.1, -0.05) is 26.0 Å². The first-order valence-electron chi connectivity index (χ1n) is 8.17. The fourth-order valence-electron chi connectivity index (χ4n) is 3.67. The largest absolute Gasteiger partial charge is 0.496 e. The van der Waals surface area contributed by atoms with Crippen LogP contribution in [-0.4, -0.2) is 31.6 Å². The predicted molar refractivity (Wildman–Crippen MR) is 88.7 cm³/mol. The van der Waals surface area contributed by atoms with E-state index in [1.165, 1.54) is 36.9 Å². The van der Waals surface area contributed by atoms with Gasteiger partial charge in [0.2, 0.25) is 0 Å². The van der Waals surface area contributed by atoms with Crippen LogP contribution in [0.2, 0.25) is 0 Å². The number of hydrogen-bond acceptors (Lipinski definition) is 3. The monoisotopic (exact) mass is 290 g/mol. The third kappa shape index (κ3) is 3.24. The van der Waals surface area contributed by atoms with Crippen molar-refractivity contribution in [3.63, 3.8) is 0 Å². The highest BCUT2D eigenvalue weighted by molar-refractivity contribution is 5.37. The van der Waals surface area contributed by atoms with E-state index < -0.39 is 0 Å². The van der Waals surface area contributed by atoms with E-state index in [-0.39, 0.29) is 0 Å². The van der Waals surface area contributed by atoms with Crippen molar-refractivity contribution in [2.75, 3.05) is 26.7 Å². The highest BCUT2D eigenvalue weighted by Crippen LogP contribution is 2.40. The molecule has 1 aromatic carbocycles. The van der Waals surface area contributed by atoms with Crippen LogP contribution in [0.4, 0.5) is 0 Å². The number of aryl methyl sites for hydroxylation is 1. The van der Waals surface area contributed by atoms with Gasteiger partial charge in [-0.25, -0.2) is 0 Å². The van der Waals surface area contributed by atoms with E-state index in [1.807, 2.05) is 0 Å². The van der Waals surface area contributed by atoms with Crippen molar-refractivity contribution in [1.29, 1.82) is 0 Å². The molecule has 1 aliphatic heterocycles. The Morgan fingerprint density at radius 2 is 2.05 bits per heavy atom. The first-order valence-corrected chi connectivity index (χ1v) is 8.17. The molecule has 2 N–H and O–H groups in total. The van der Waals surface area contributed by atoms with Gasteiger partial charge in [-0.3, -0.25) is 4.90 Å². The molecule has 0 amide bonds. The standard InChI is InChI=1S/C18H30N2O/c1-5-18(6-2)9-10-20(13-18)16(12-19)15-7-8-17(21-4)14(3)11-15/h7-8,11,16H,5-6,9-10,12-13,19H2,1-4H3. The quantitative estimate of drug-likeness (QED) is 0.871. The minimum Gasteiger partial charge on any atom is -0.496 e. The fourth-order valence-corrected chi connectivity index (χ4v) is 3.67. The van der Waals surface area contributed by atoms with E-state index >= 15 is 0 Å². The molecule has 0 radical (unpaired) electrons. The number of nitrogens with zero attached hydrogens (tertiary/aromatic N) is 1. The molecule has 1 fully saturated rings. The Balaban J connectivity index is 2.19. The highest BCUT2D eigenvalue weighted by Gasteiger charge is 2.37. The Bertz CT molecular complexity index is 468. The number of methoxy groups -OCH3 is 1. The minimum atomic E-state index is 0.328. The molecule has 1 aliphatic rings. The normalized spacial score (nSPS) is 19.7. The van der Waals surface area contributed by atoms with E-state index in [1.54, 1.807) is 7.11 Å². The topological polar surface area (TPSA) is 38.5 Å². The molecule has 0 saturated carbocycles. The van der Waals surface area contributed by atoms with Gasteiger partial charge in [0.1, 0.15) is 5.75 Å². The molecular weight excluding hydrogens is 260 g/mol. The summed E-state index contributed by atoms with van der Waals surface area (Å²) in [7, 11) is 1.72. The van der Waals surface area contributed by atoms with E-state index in [0.29, 0.717) is 18.0 Å². The lowest BCUT2D eigenvalue weighted by atomic mass is 9.82. The molecule has 2 rings (SSSR count). The Morgan fingerprint density at radius 1 is 1.33 bits per heavy atom. The van der Waals surface area contributed by atoms with E-state index in [2.05, 4.69) is 43.9 Å². The minimum absolute atomic E-state index is 0.328. The summed E-state index contributed by atoms with van der Waals surface area (Å²) >= 11 is 0. The van der Waals surface area contributed by atoms with Gasteiger partial charge in [-0.05, 0) is 55.3 Å². The van der Waals surface area contributed by atoms with Crippen molar-refractivity contribution >= 4 is 0 Å². The lowest BCUT2D eigenvalue weighted by molar-refractivity contribution is 0.197. The first-order chi connectivity index (χ1) is 10.1. The number of likely N-dealkylation sites (tertiary alicyclic amines) is 1. The summed E-state index contributed by atoms with van der Waals surface area (Å²) in [5.74, 6) is 0.951. The van der Waals surface area contributed by atoms with Crippen molar-refractivity contribution in [1.82, 2.24) is 4.90 Å². The van der Waals surface area contributed by atoms with Gasteiger partial charge in [0, 0.05) is 19.1 Å². The van der Waals surface area contributed by atoms with Crippen molar-refractivity contribution in [3.05, 3.63) is 29.3 Å². The summed E-state index contributed by atoms with van der Waals surface area (Å²) in [5, 5.41) is 0. The molecular formula is C18H30N2O. The Kier molecular flexibility index (Phi) is 5.28. The Hall–Kier alpha value is -1.06. The summed E-state index contributed by atoms with van der Waals surface area (Å²) < 4.78 is 5.36. The van der Waals surface area contributed by atoms with Gasteiger partial charge in [0.05, 0.1) is 7.11 Å². The van der Waals surface area contributed by atoms with E-state index in [0.717, 1.165) is 12.3 Å². The molecule has 118 valence electrons. The molecule has 1 saturated heterocycles. The second-order valence-corrected chi connectivity index (χ2v) is 6.41. The molecule has 0 bridgehead atoms. The van der Waals surface area contributed by atoms with Gasteiger partial charge in [-0.2, -0.15) is 0 Å². The van der Waals surface area contributed by atoms with Crippen LogP contribution in [-0.2, 0) is 0 Å². The number of ether oxygens (including phenoxy) is 1. The van der Waals surface area contributed by atoms with Gasteiger partial charge in [-0.15, -0.1) is 0 Å². The average molecular weight is 290 g/mol. The molecule has 3 nitrogen and oxygen atoms in total. The zero-order valence-corrected chi connectivity index (χ0v) is 14.0. The van der Waals surface area contributed by atoms with Gasteiger partial charge < -0.3 is 10.5 Å². The predicted octanol–water partition coefficient (Wildman–Crippen LogP) is 3.52. The third-order valence-corrected chi connectivity index (χ3v) is 5.44. The van der Waals surface area contributed by atoms with Gasteiger partial charge in [0.15, 0.2) is 0 Å². The van der Waals surface area contributed by atoms with E-state index in [4.69, 9.17) is 10.5 Å². The maximum atomic E-state index is 6.10. The van der Waals surface area contributed by atoms with Crippen LogP contribution in [0, 0.1) is 12.3 Å². The summed E-state index contributed by atoms with van der Waals surface area (Å²) in [5.41, 5.74) is 9.10.